The van der Waals surface area contributed by atoms with Gasteiger partial charge >= 0.3 is 0 Å². The molecular formula is C22H35N3O2. The topological polar surface area (TPSA) is 43.9 Å². The highest BCUT2D eigenvalue weighted by atomic mass is 16.2. The molecule has 5 heteroatoms. The molecule has 150 valence electrons. The van der Waals surface area contributed by atoms with Crippen LogP contribution in [0.25, 0.3) is 0 Å². The van der Waals surface area contributed by atoms with Crippen LogP contribution < -0.4 is 0 Å². The quantitative estimate of drug-likeness (QED) is 0.712. The molecule has 0 aromatic carbocycles. The summed E-state index contributed by atoms with van der Waals surface area (Å²) >= 11 is 0. The Labute approximate surface area is 164 Å². The molecule has 0 saturated carbocycles. The van der Waals surface area contributed by atoms with Gasteiger partial charge in [-0.05, 0) is 51.4 Å². The first-order valence-electron chi connectivity index (χ1n) is 10.6. The van der Waals surface area contributed by atoms with E-state index in [2.05, 4.69) is 24.5 Å². The zero-order chi connectivity index (χ0) is 19.4. The van der Waals surface area contributed by atoms with Crippen LogP contribution >= 0.6 is 0 Å². The lowest BCUT2D eigenvalue weighted by Gasteiger charge is -2.29. The Bertz CT molecular complexity index is 613. The molecule has 2 saturated heterocycles. The van der Waals surface area contributed by atoms with Crippen LogP contribution in [0.3, 0.4) is 0 Å². The Balaban J connectivity index is 1.51. The molecule has 0 spiro atoms. The van der Waals surface area contributed by atoms with Gasteiger partial charge in [-0.2, -0.15) is 0 Å². The molecule has 0 bridgehead atoms. The standard InChI is InChI=1S/C22H35N3O2/c1-17(2)20-9-7-19(8-10-20)16-23-11-5-12-24(15-14-23)22(27)21-6-4-13-25(21)18(3)26/h7,20-21H,1,4-6,8-16H2,2-3H3/t20-,21+/m1/s1. The van der Waals surface area contributed by atoms with Gasteiger partial charge in [-0.15, -0.1) is 0 Å². The fourth-order valence-corrected chi connectivity index (χ4v) is 4.73. The van der Waals surface area contributed by atoms with Crippen molar-refractivity contribution < 1.29 is 9.59 Å². The molecule has 2 fully saturated rings. The third-order valence-corrected chi connectivity index (χ3v) is 6.47. The monoisotopic (exact) mass is 373 g/mol. The van der Waals surface area contributed by atoms with Crippen molar-refractivity contribution in [1.82, 2.24) is 14.7 Å². The average Bonchev–Trinajstić information content (AvgIpc) is 3.03. The SMILES string of the molecule is C=C(C)[C@@H]1CC=C(CN2CCCN(C(=O)[C@@H]3CCCN3C(C)=O)CC2)CC1. The number of carbonyl (C=O) groups is 2. The summed E-state index contributed by atoms with van der Waals surface area (Å²) in [5, 5.41) is 0. The first-order chi connectivity index (χ1) is 13.0. The van der Waals surface area contributed by atoms with Crippen LogP contribution in [0.1, 0.15) is 52.4 Å². The minimum Gasteiger partial charge on any atom is -0.340 e. The van der Waals surface area contributed by atoms with Crippen LogP contribution in [0.15, 0.2) is 23.8 Å². The summed E-state index contributed by atoms with van der Waals surface area (Å²) in [7, 11) is 0. The van der Waals surface area contributed by atoms with Gasteiger partial charge < -0.3 is 9.80 Å². The molecular weight excluding hydrogens is 338 g/mol. The molecule has 0 unspecified atom stereocenters. The molecule has 0 aromatic heterocycles. The highest BCUT2D eigenvalue weighted by Gasteiger charge is 2.35. The average molecular weight is 374 g/mol. The molecule has 2 amide bonds. The third-order valence-electron chi connectivity index (χ3n) is 6.47. The van der Waals surface area contributed by atoms with Gasteiger partial charge in [0.1, 0.15) is 6.04 Å². The van der Waals surface area contributed by atoms with E-state index in [1.54, 1.807) is 17.4 Å². The van der Waals surface area contributed by atoms with Crippen molar-refractivity contribution in [2.45, 2.75) is 58.4 Å². The number of rotatable bonds is 4. The van der Waals surface area contributed by atoms with E-state index in [9.17, 15) is 9.59 Å². The van der Waals surface area contributed by atoms with Gasteiger partial charge in [0.2, 0.25) is 11.8 Å². The Morgan fingerprint density at radius 1 is 1.07 bits per heavy atom. The molecule has 27 heavy (non-hydrogen) atoms. The molecule has 2 aliphatic heterocycles. The lowest BCUT2D eigenvalue weighted by atomic mass is 9.85. The van der Waals surface area contributed by atoms with Gasteiger partial charge in [-0.25, -0.2) is 0 Å². The van der Waals surface area contributed by atoms with Gasteiger partial charge in [-0.3, -0.25) is 14.5 Å². The summed E-state index contributed by atoms with van der Waals surface area (Å²) in [5.74, 6) is 0.840. The second-order valence-corrected chi connectivity index (χ2v) is 8.51. The number of nitrogens with zero attached hydrogens (tertiary/aromatic N) is 3. The first kappa shape index (κ1) is 20.1. The molecule has 0 N–H and O–H groups in total. The van der Waals surface area contributed by atoms with Crippen molar-refractivity contribution >= 4 is 11.8 Å². The number of carbonyl (C=O) groups excluding carboxylic acids is 2. The van der Waals surface area contributed by atoms with Crippen molar-refractivity contribution in [1.29, 1.82) is 0 Å². The minimum absolute atomic E-state index is 0.0274. The number of amides is 2. The van der Waals surface area contributed by atoms with Gasteiger partial charge in [0.05, 0.1) is 0 Å². The van der Waals surface area contributed by atoms with Crippen molar-refractivity contribution in [3.05, 3.63) is 23.8 Å². The van der Waals surface area contributed by atoms with Gasteiger partial charge in [0, 0.05) is 46.2 Å². The van der Waals surface area contributed by atoms with Crippen LogP contribution in [-0.4, -0.2) is 71.8 Å². The molecule has 0 radical (unpaired) electrons. The van der Waals surface area contributed by atoms with Crippen LogP contribution in [0.4, 0.5) is 0 Å². The van der Waals surface area contributed by atoms with E-state index < -0.39 is 0 Å². The summed E-state index contributed by atoms with van der Waals surface area (Å²) in [6.45, 7) is 13.2. The largest absolute Gasteiger partial charge is 0.340 e. The number of allylic oxidation sites excluding steroid dienone is 2. The number of likely N-dealkylation sites (tertiary alicyclic amines) is 1. The maximum atomic E-state index is 13.0. The van der Waals surface area contributed by atoms with E-state index in [0.29, 0.717) is 5.92 Å². The maximum absolute atomic E-state index is 13.0. The Morgan fingerprint density at radius 3 is 2.56 bits per heavy atom. The highest BCUT2D eigenvalue weighted by Crippen LogP contribution is 2.28. The van der Waals surface area contributed by atoms with E-state index in [0.717, 1.165) is 65.0 Å². The molecule has 3 rings (SSSR count). The third kappa shape index (κ3) is 5.01. The first-order valence-corrected chi connectivity index (χ1v) is 10.6. The minimum atomic E-state index is -0.228. The van der Waals surface area contributed by atoms with Crippen molar-refractivity contribution in [2.75, 3.05) is 39.3 Å². The van der Waals surface area contributed by atoms with Gasteiger partial charge in [-0.1, -0.05) is 23.8 Å². The number of hydrogen-bond acceptors (Lipinski definition) is 3. The Morgan fingerprint density at radius 2 is 1.89 bits per heavy atom. The van der Waals surface area contributed by atoms with E-state index in [4.69, 9.17) is 0 Å². The van der Waals surface area contributed by atoms with Crippen molar-refractivity contribution in [3.8, 4) is 0 Å². The lowest BCUT2D eigenvalue weighted by molar-refractivity contribution is -0.142. The lowest BCUT2D eigenvalue weighted by Crippen LogP contribution is -2.48. The van der Waals surface area contributed by atoms with E-state index in [1.807, 2.05) is 4.90 Å². The predicted molar refractivity (Wildman–Crippen MR) is 108 cm³/mol. The van der Waals surface area contributed by atoms with Crippen LogP contribution in [-0.2, 0) is 9.59 Å². The van der Waals surface area contributed by atoms with Gasteiger partial charge in [0.25, 0.3) is 0 Å². The van der Waals surface area contributed by atoms with Gasteiger partial charge in [0.15, 0.2) is 0 Å². The molecule has 3 aliphatic rings. The number of hydrogen-bond donors (Lipinski definition) is 0. The molecule has 1 aliphatic carbocycles. The van der Waals surface area contributed by atoms with E-state index in [-0.39, 0.29) is 17.9 Å². The fourth-order valence-electron chi connectivity index (χ4n) is 4.73. The van der Waals surface area contributed by atoms with Crippen LogP contribution in [0.5, 0.6) is 0 Å². The summed E-state index contributed by atoms with van der Waals surface area (Å²) in [6.07, 6.45) is 8.71. The smallest absolute Gasteiger partial charge is 0.245 e. The molecule has 2 heterocycles. The highest BCUT2D eigenvalue weighted by molar-refractivity contribution is 5.87. The van der Waals surface area contributed by atoms with Crippen LogP contribution in [0.2, 0.25) is 0 Å². The summed E-state index contributed by atoms with van der Waals surface area (Å²) < 4.78 is 0. The Kier molecular flexibility index (Phi) is 6.74. The second kappa shape index (κ2) is 9.05. The fraction of sp³-hybridized carbons (Fsp3) is 0.727. The zero-order valence-electron chi connectivity index (χ0n) is 17.1. The predicted octanol–water partition coefficient (Wildman–Crippen LogP) is 2.83. The van der Waals surface area contributed by atoms with E-state index >= 15 is 0 Å². The second-order valence-electron chi connectivity index (χ2n) is 8.51. The summed E-state index contributed by atoms with van der Waals surface area (Å²) in [6, 6.07) is -0.228. The maximum Gasteiger partial charge on any atom is 0.245 e. The normalized spacial score (nSPS) is 27.3. The van der Waals surface area contributed by atoms with E-state index in [1.165, 1.54) is 18.4 Å². The Hall–Kier alpha value is -1.62. The molecule has 0 aromatic rings. The zero-order valence-corrected chi connectivity index (χ0v) is 17.1. The van der Waals surface area contributed by atoms with Crippen LogP contribution in [0, 0.1) is 5.92 Å². The summed E-state index contributed by atoms with van der Waals surface area (Å²) in [5.41, 5.74) is 2.85. The van der Waals surface area contributed by atoms with Crippen molar-refractivity contribution in [2.24, 2.45) is 5.92 Å². The molecule has 2 atom stereocenters. The van der Waals surface area contributed by atoms with Crippen molar-refractivity contribution in [3.63, 3.8) is 0 Å². The molecule has 5 nitrogen and oxygen atoms in total. The summed E-state index contributed by atoms with van der Waals surface area (Å²) in [4.78, 5) is 31.0.